The van der Waals surface area contributed by atoms with Gasteiger partial charge in [-0.15, -0.1) is 0 Å². The van der Waals surface area contributed by atoms with Crippen LogP contribution in [0.1, 0.15) is 11.1 Å². The number of anilines is 1. The number of hydrogen-bond donors (Lipinski definition) is 1. The van der Waals surface area contributed by atoms with Crippen molar-refractivity contribution in [1.29, 1.82) is 0 Å². The Hall–Kier alpha value is -3.61. The van der Waals surface area contributed by atoms with E-state index in [0.717, 1.165) is 29.8 Å². The van der Waals surface area contributed by atoms with Gasteiger partial charge in [0.05, 0.1) is 0 Å². The number of halogens is 2. The summed E-state index contributed by atoms with van der Waals surface area (Å²) < 4.78 is 32.7. The van der Waals surface area contributed by atoms with Crippen molar-refractivity contribution < 1.29 is 18.3 Å². The molecule has 0 aliphatic carbocycles. The second kappa shape index (κ2) is 8.18. The molecule has 0 spiro atoms. The number of nitrogens with zero attached hydrogens (tertiary/aromatic N) is 2. The zero-order valence-electron chi connectivity index (χ0n) is 14.3. The fourth-order valence-corrected chi connectivity index (χ4v) is 2.29. The third-order valence-corrected chi connectivity index (χ3v) is 3.61. The lowest BCUT2D eigenvalue weighted by atomic mass is 10.1. The number of rotatable bonds is 5. The molecule has 5 nitrogen and oxygen atoms in total. The van der Waals surface area contributed by atoms with Gasteiger partial charge in [0.25, 0.3) is 0 Å². The number of aromatic nitrogens is 2. The third kappa shape index (κ3) is 4.72. The molecule has 0 aliphatic rings. The summed E-state index contributed by atoms with van der Waals surface area (Å²) in [5.41, 5.74) is 1.01. The topological polar surface area (TPSA) is 64.1 Å². The normalized spacial score (nSPS) is 10.8. The number of ether oxygens (including phenoxy) is 1. The van der Waals surface area contributed by atoms with Gasteiger partial charge in [-0.25, -0.2) is 18.7 Å². The molecular weight excluding hydrogens is 352 g/mol. The van der Waals surface area contributed by atoms with Gasteiger partial charge < -0.3 is 10.1 Å². The highest BCUT2D eigenvalue weighted by Crippen LogP contribution is 2.24. The Balaban J connectivity index is 1.68. The van der Waals surface area contributed by atoms with Crippen LogP contribution in [0.4, 0.5) is 14.5 Å². The molecule has 1 amide bonds. The van der Waals surface area contributed by atoms with Crippen LogP contribution in [0.3, 0.4) is 0 Å². The van der Waals surface area contributed by atoms with Crippen molar-refractivity contribution in [3.8, 4) is 11.8 Å². The predicted molar refractivity (Wildman–Crippen MR) is 97.3 cm³/mol. The van der Waals surface area contributed by atoms with Gasteiger partial charge in [-0.1, -0.05) is 6.07 Å². The van der Waals surface area contributed by atoms with Crippen molar-refractivity contribution in [2.45, 2.75) is 6.92 Å². The molecule has 0 saturated heterocycles. The first-order valence-electron chi connectivity index (χ1n) is 8.01. The first kappa shape index (κ1) is 18.2. The van der Waals surface area contributed by atoms with Crippen molar-refractivity contribution in [3.05, 3.63) is 83.7 Å². The van der Waals surface area contributed by atoms with Crippen LogP contribution >= 0.6 is 0 Å². The fraction of sp³-hybridized carbons (Fsp3) is 0.0500. The van der Waals surface area contributed by atoms with Gasteiger partial charge in [0.15, 0.2) is 0 Å². The van der Waals surface area contributed by atoms with Crippen LogP contribution in [-0.2, 0) is 4.79 Å². The molecule has 0 unspecified atom stereocenters. The van der Waals surface area contributed by atoms with E-state index < -0.39 is 17.5 Å². The first-order chi connectivity index (χ1) is 13.0. The number of hydrogen-bond acceptors (Lipinski definition) is 4. The van der Waals surface area contributed by atoms with Gasteiger partial charge >= 0.3 is 6.01 Å². The van der Waals surface area contributed by atoms with E-state index in [0.29, 0.717) is 11.4 Å². The van der Waals surface area contributed by atoms with E-state index in [2.05, 4.69) is 15.3 Å². The number of benzene rings is 2. The van der Waals surface area contributed by atoms with Gasteiger partial charge in [-0.05, 0) is 55.0 Å². The van der Waals surface area contributed by atoms with Gasteiger partial charge in [0.1, 0.15) is 17.4 Å². The van der Waals surface area contributed by atoms with Crippen LogP contribution < -0.4 is 10.1 Å². The van der Waals surface area contributed by atoms with Gasteiger partial charge in [-0.3, -0.25) is 4.79 Å². The van der Waals surface area contributed by atoms with Crippen LogP contribution in [-0.4, -0.2) is 15.9 Å². The molecule has 1 aromatic heterocycles. The molecule has 0 bridgehead atoms. The summed E-state index contributed by atoms with van der Waals surface area (Å²) in [5.74, 6) is -1.47. The van der Waals surface area contributed by atoms with E-state index in [4.69, 9.17) is 4.74 Å². The van der Waals surface area contributed by atoms with E-state index in [-0.39, 0.29) is 11.6 Å². The molecular formula is C20H15F2N3O2. The molecule has 2 aromatic carbocycles. The summed E-state index contributed by atoms with van der Waals surface area (Å²) in [6.07, 6.45) is 5.30. The standard InChI is InChI=1S/C20H15F2N3O2/c1-13-12-14(27-20-23-10-3-11-24-20)6-8-18(13)25-19(26)9-7-15-16(21)4-2-5-17(15)22/h2-12H,1H3,(H,25,26)/b9-7-. The van der Waals surface area contributed by atoms with Crippen molar-refractivity contribution in [2.24, 2.45) is 0 Å². The fourth-order valence-electron chi connectivity index (χ4n) is 2.29. The van der Waals surface area contributed by atoms with Crippen LogP contribution in [0.5, 0.6) is 11.8 Å². The average Bonchev–Trinajstić information content (AvgIpc) is 2.64. The SMILES string of the molecule is Cc1cc(Oc2ncccn2)ccc1NC(=O)/C=C\c1c(F)cccc1F. The lowest BCUT2D eigenvalue weighted by Crippen LogP contribution is -2.09. The minimum atomic E-state index is -0.736. The monoisotopic (exact) mass is 367 g/mol. The minimum Gasteiger partial charge on any atom is -0.424 e. The van der Waals surface area contributed by atoms with E-state index in [1.165, 1.54) is 6.07 Å². The highest BCUT2D eigenvalue weighted by Gasteiger charge is 2.08. The summed E-state index contributed by atoms with van der Waals surface area (Å²) >= 11 is 0. The Morgan fingerprint density at radius 3 is 2.44 bits per heavy atom. The summed E-state index contributed by atoms with van der Waals surface area (Å²) in [6, 6.07) is 10.4. The molecule has 0 fully saturated rings. The average molecular weight is 367 g/mol. The highest BCUT2D eigenvalue weighted by molar-refractivity contribution is 6.02. The largest absolute Gasteiger partial charge is 0.424 e. The van der Waals surface area contributed by atoms with E-state index >= 15 is 0 Å². The summed E-state index contributed by atoms with van der Waals surface area (Å²) in [7, 11) is 0. The summed E-state index contributed by atoms with van der Waals surface area (Å²) in [4.78, 5) is 20.0. The van der Waals surface area contributed by atoms with Gasteiger partial charge in [0.2, 0.25) is 5.91 Å². The van der Waals surface area contributed by atoms with E-state index in [1.807, 2.05) is 0 Å². The van der Waals surface area contributed by atoms with Crippen molar-refractivity contribution in [1.82, 2.24) is 9.97 Å². The Labute approximate surface area is 154 Å². The van der Waals surface area contributed by atoms with Crippen LogP contribution in [0.15, 0.2) is 60.9 Å². The molecule has 3 aromatic rings. The Morgan fingerprint density at radius 2 is 1.78 bits per heavy atom. The molecule has 7 heteroatoms. The lowest BCUT2D eigenvalue weighted by Gasteiger charge is -2.09. The molecule has 1 N–H and O–H groups in total. The molecule has 1 heterocycles. The molecule has 0 saturated carbocycles. The second-order valence-corrected chi connectivity index (χ2v) is 5.57. The van der Waals surface area contributed by atoms with Crippen molar-refractivity contribution in [2.75, 3.05) is 5.32 Å². The third-order valence-electron chi connectivity index (χ3n) is 3.61. The molecule has 27 heavy (non-hydrogen) atoms. The molecule has 3 rings (SSSR count). The van der Waals surface area contributed by atoms with Crippen LogP contribution in [0.2, 0.25) is 0 Å². The minimum absolute atomic E-state index is 0.212. The number of aryl methyl sites for hydroxylation is 1. The molecule has 0 atom stereocenters. The summed E-state index contributed by atoms with van der Waals surface area (Å²) in [5, 5.41) is 2.65. The van der Waals surface area contributed by atoms with E-state index in [1.54, 1.807) is 43.6 Å². The zero-order chi connectivity index (χ0) is 19.2. The predicted octanol–water partition coefficient (Wildman–Crippen LogP) is 4.51. The zero-order valence-corrected chi connectivity index (χ0v) is 14.3. The smallest absolute Gasteiger partial charge is 0.321 e. The Morgan fingerprint density at radius 1 is 1.07 bits per heavy atom. The number of carbonyl (C=O) groups is 1. The highest BCUT2D eigenvalue weighted by atomic mass is 19.1. The van der Waals surface area contributed by atoms with Crippen molar-refractivity contribution >= 4 is 17.7 Å². The molecule has 136 valence electrons. The van der Waals surface area contributed by atoms with Gasteiger partial charge in [0, 0.05) is 29.7 Å². The number of amides is 1. The second-order valence-electron chi connectivity index (χ2n) is 5.57. The number of carbonyl (C=O) groups excluding carboxylic acids is 1. The lowest BCUT2D eigenvalue weighted by molar-refractivity contribution is -0.111. The molecule has 0 radical (unpaired) electrons. The maximum absolute atomic E-state index is 13.6. The molecule has 0 aliphatic heterocycles. The maximum atomic E-state index is 13.6. The van der Waals surface area contributed by atoms with Gasteiger partial charge in [-0.2, -0.15) is 0 Å². The quantitative estimate of drug-likeness (QED) is 0.674. The van der Waals surface area contributed by atoms with E-state index in [9.17, 15) is 13.6 Å². The van der Waals surface area contributed by atoms with Crippen LogP contribution in [0.25, 0.3) is 6.08 Å². The number of nitrogens with one attached hydrogen (secondary N) is 1. The maximum Gasteiger partial charge on any atom is 0.321 e. The Kier molecular flexibility index (Phi) is 5.51. The van der Waals surface area contributed by atoms with Crippen LogP contribution in [0, 0.1) is 18.6 Å². The van der Waals surface area contributed by atoms with Crippen molar-refractivity contribution in [3.63, 3.8) is 0 Å². The summed E-state index contributed by atoms with van der Waals surface area (Å²) in [6.45, 7) is 1.79. The first-order valence-corrected chi connectivity index (χ1v) is 8.01. The Bertz CT molecular complexity index is 972.